The number of ether oxygens (including phenoxy) is 2. The lowest BCUT2D eigenvalue weighted by atomic mass is 9.78. The van der Waals surface area contributed by atoms with Gasteiger partial charge >= 0.3 is 0 Å². The third-order valence-electron chi connectivity index (χ3n) is 4.94. The number of carbonyl (C=O) groups is 2. The molecule has 23 heavy (non-hydrogen) atoms. The summed E-state index contributed by atoms with van der Waals surface area (Å²) in [6.07, 6.45) is 1.33. The zero-order chi connectivity index (χ0) is 16.7. The molecule has 1 aliphatic carbocycles. The summed E-state index contributed by atoms with van der Waals surface area (Å²) in [5.41, 5.74) is 2.95. The minimum absolute atomic E-state index is 0.123. The van der Waals surface area contributed by atoms with Crippen LogP contribution in [0.3, 0.4) is 0 Å². The van der Waals surface area contributed by atoms with Gasteiger partial charge < -0.3 is 9.47 Å². The molecule has 2 amide bonds. The maximum absolute atomic E-state index is 12.8. The normalized spacial score (nSPS) is 24.1. The molecule has 2 aliphatic rings. The molecule has 1 heterocycles. The van der Waals surface area contributed by atoms with Gasteiger partial charge in [0, 0.05) is 18.2 Å². The first-order chi connectivity index (χ1) is 11.0. The van der Waals surface area contributed by atoms with Crippen molar-refractivity contribution < 1.29 is 19.1 Å². The van der Waals surface area contributed by atoms with Gasteiger partial charge in [0.2, 0.25) is 11.8 Å². The number of methoxy groups -OCH3 is 2. The summed E-state index contributed by atoms with van der Waals surface area (Å²) >= 11 is 0. The van der Waals surface area contributed by atoms with Gasteiger partial charge in [-0.1, -0.05) is 11.1 Å². The van der Waals surface area contributed by atoms with E-state index in [4.69, 9.17) is 9.47 Å². The third kappa shape index (κ3) is 2.50. The summed E-state index contributed by atoms with van der Waals surface area (Å²) in [6.45, 7) is 4.08. The molecule has 1 saturated heterocycles. The van der Waals surface area contributed by atoms with Gasteiger partial charge in [-0.2, -0.15) is 0 Å². The average Bonchev–Trinajstić information content (AvgIpc) is 2.78. The predicted octanol–water partition coefficient (Wildman–Crippen LogP) is 2.94. The predicted molar refractivity (Wildman–Crippen MR) is 86.6 cm³/mol. The molecule has 0 unspecified atom stereocenters. The molecule has 0 radical (unpaired) electrons. The quantitative estimate of drug-likeness (QED) is 0.636. The number of nitrogens with zero attached hydrogens (tertiary/aromatic N) is 1. The van der Waals surface area contributed by atoms with Crippen molar-refractivity contribution in [2.24, 2.45) is 11.8 Å². The fourth-order valence-electron chi connectivity index (χ4n) is 3.43. The van der Waals surface area contributed by atoms with Crippen molar-refractivity contribution in [3.63, 3.8) is 0 Å². The average molecular weight is 315 g/mol. The number of carbonyl (C=O) groups excluding carboxylic acids is 2. The van der Waals surface area contributed by atoms with Crippen LogP contribution in [0.5, 0.6) is 11.5 Å². The molecule has 122 valence electrons. The first kappa shape index (κ1) is 15.6. The van der Waals surface area contributed by atoms with E-state index in [-0.39, 0.29) is 23.7 Å². The molecule has 0 aromatic heterocycles. The van der Waals surface area contributed by atoms with Gasteiger partial charge in [-0.3, -0.25) is 9.59 Å². The first-order valence-electron chi connectivity index (χ1n) is 7.72. The second kappa shape index (κ2) is 5.72. The summed E-state index contributed by atoms with van der Waals surface area (Å²) in [5, 5.41) is 0. The van der Waals surface area contributed by atoms with E-state index in [1.54, 1.807) is 32.4 Å². The first-order valence-corrected chi connectivity index (χ1v) is 7.72. The van der Waals surface area contributed by atoms with E-state index in [2.05, 4.69) is 0 Å². The lowest BCUT2D eigenvalue weighted by Gasteiger charge is -2.23. The van der Waals surface area contributed by atoms with E-state index >= 15 is 0 Å². The molecular weight excluding hydrogens is 294 g/mol. The molecule has 1 aromatic carbocycles. The van der Waals surface area contributed by atoms with Crippen LogP contribution in [-0.4, -0.2) is 26.0 Å². The molecule has 0 bridgehead atoms. The van der Waals surface area contributed by atoms with Crippen LogP contribution in [0.2, 0.25) is 0 Å². The Morgan fingerprint density at radius 1 is 0.870 bits per heavy atom. The van der Waals surface area contributed by atoms with Crippen molar-refractivity contribution in [3.8, 4) is 11.5 Å². The van der Waals surface area contributed by atoms with Gasteiger partial charge in [0.1, 0.15) is 11.5 Å². The maximum Gasteiger partial charge on any atom is 0.238 e. The summed E-state index contributed by atoms with van der Waals surface area (Å²) < 4.78 is 10.5. The van der Waals surface area contributed by atoms with Gasteiger partial charge in [-0.15, -0.1) is 0 Å². The van der Waals surface area contributed by atoms with Crippen molar-refractivity contribution in [2.75, 3.05) is 19.1 Å². The van der Waals surface area contributed by atoms with Crippen molar-refractivity contribution in [1.29, 1.82) is 0 Å². The number of allylic oxidation sites excluding steroid dienone is 2. The molecule has 1 aromatic rings. The number of imide groups is 1. The SMILES string of the molecule is COc1cc(OC)cc(N2C(=O)[C@H]3CC(C)=C(C)C[C@@H]3C2=O)c1. The highest BCUT2D eigenvalue weighted by Crippen LogP contribution is 2.43. The highest BCUT2D eigenvalue weighted by atomic mass is 16.5. The number of hydrogen-bond donors (Lipinski definition) is 0. The van der Waals surface area contributed by atoms with Gasteiger partial charge in [0.05, 0.1) is 31.7 Å². The Bertz CT molecular complexity index is 653. The summed E-state index contributed by atoms with van der Waals surface area (Å²) in [6, 6.07) is 5.11. The van der Waals surface area contributed by atoms with E-state index < -0.39 is 0 Å². The van der Waals surface area contributed by atoms with E-state index in [0.29, 0.717) is 30.0 Å². The Balaban J connectivity index is 1.99. The topological polar surface area (TPSA) is 55.8 Å². The monoisotopic (exact) mass is 315 g/mol. The van der Waals surface area contributed by atoms with Crippen molar-refractivity contribution in [2.45, 2.75) is 26.7 Å². The third-order valence-corrected chi connectivity index (χ3v) is 4.94. The summed E-state index contributed by atoms with van der Waals surface area (Å²) in [4.78, 5) is 26.9. The van der Waals surface area contributed by atoms with Crippen LogP contribution >= 0.6 is 0 Å². The Hall–Kier alpha value is -2.30. The highest BCUT2D eigenvalue weighted by molar-refractivity contribution is 6.22. The molecule has 2 atom stereocenters. The molecule has 0 spiro atoms. The number of benzene rings is 1. The summed E-state index contributed by atoms with van der Waals surface area (Å²) in [5.74, 6) is 0.372. The zero-order valence-corrected chi connectivity index (χ0v) is 13.9. The molecule has 1 fully saturated rings. The lowest BCUT2D eigenvalue weighted by molar-refractivity contribution is -0.122. The number of anilines is 1. The van der Waals surface area contributed by atoms with Gasteiger partial charge in [0.25, 0.3) is 0 Å². The second-order valence-corrected chi connectivity index (χ2v) is 6.26. The van der Waals surface area contributed by atoms with Crippen LogP contribution < -0.4 is 14.4 Å². The van der Waals surface area contributed by atoms with Crippen molar-refractivity contribution >= 4 is 17.5 Å². The molecule has 0 N–H and O–H groups in total. The number of rotatable bonds is 3. The molecule has 0 saturated carbocycles. The smallest absolute Gasteiger partial charge is 0.238 e. The minimum Gasteiger partial charge on any atom is -0.497 e. The molecule has 5 heteroatoms. The van der Waals surface area contributed by atoms with Crippen LogP contribution in [0.15, 0.2) is 29.3 Å². The lowest BCUT2D eigenvalue weighted by Crippen LogP contribution is -2.30. The number of fused-ring (bicyclic) bond motifs is 1. The fourth-order valence-corrected chi connectivity index (χ4v) is 3.43. The summed E-state index contributed by atoms with van der Waals surface area (Å²) in [7, 11) is 3.09. The van der Waals surface area contributed by atoms with Crippen LogP contribution in [0.1, 0.15) is 26.7 Å². The highest BCUT2D eigenvalue weighted by Gasteiger charge is 2.49. The van der Waals surface area contributed by atoms with Crippen LogP contribution in [-0.2, 0) is 9.59 Å². The van der Waals surface area contributed by atoms with Gasteiger partial charge in [0.15, 0.2) is 0 Å². The van der Waals surface area contributed by atoms with Crippen LogP contribution in [0.4, 0.5) is 5.69 Å². The standard InChI is InChI=1S/C18H21NO4/c1-10-5-15-16(6-11(10)2)18(21)19(17(15)20)12-7-13(22-3)9-14(8-12)23-4/h7-9,15-16H,5-6H2,1-4H3/t15-,16-/m0/s1. The molecular formula is C18H21NO4. The molecule has 3 rings (SSSR count). The minimum atomic E-state index is -0.247. The van der Waals surface area contributed by atoms with E-state index in [0.717, 1.165) is 0 Å². The Morgan fingerprint density at radius 2 is 1.30 bits per heavy atom. The van der Waals surface area contributed by atoms with Gasteiger partial charge in [-0.05, 0) is 26.7 Å². The van der Waals surface area contributed by atoms with Crippen LogP contribution in [0.25, 0.3) is 0 Å². The van der Waals surface area contributed by atoms with Crippen molar-refractivity contribution in [3.05, 3.63) is 29.3 Å². The van der Waals surface area contributed by atoms with E-state index in [1.165, 1.54) is 16.0 Å². The zero-order valence-electron chi connectivity index (χ0n) is 13.9. The van der Waals surface area contributed by atoms with Crippen molar-refractivity contribution in [1.82, 2.24) is 0 Å². The number of hydrogen-bond acceptors (Lipinski definition) is 4. The van der Waals surface area contributed by atoms with Crippen LogP contribution in [0, 0.1) is 11.8 Å². The van der Waals surface area contributed by atoms with E-state index in [1.807, 2.05) is 13.8 Å². The molecule has 5 nitrogen and oxygen atoms in total. The Morgan fingerprint density at radius 3 is 1.70 bits per heavy atom. The fraction of sp³-hybridized carbons (Fsp3) is 0.444. The molecule has 1 aliphatic heterocycles. The van der Waals surface area contributed by atoms with E-state index in [9.17, 15) is 9.59 Å². The second-order valence-electron chi connectivity index (χ2n) is 6.26. The largest absolute Gasteiger partial charge is 0.497 e. The number of amides is 2. The Labute approximate surface area is 135 Å². The maximum atomic E-state index is 12.8. The Kier molecular flexibility index (Phi) is 3.88. The van der Waals surface area contributed by atoms with Gasteiger partial charge in [-0.25, -0.2) is 4.90 Å².